The normalized spacial score (nSPS) is 17.6. The van der Waals surface area contributed by atoms with Gasteiger partial charge < -0.3 is 4.74 Å². The number of nitrogens with zero attached hydrogens (tertiary/aromatic N) is 1. The van der Waals surface area contributed by atoms with E-state index in [1.807, 2.05) is 37.3 Å². The highest BCUT2D eigenvalue weighted by Gasteiger charge is 2.16. The molecule has 2 rings (SSSR count). The van der Waals surface area contributed by atoms with Crippen molar-refractivity contribution in [2.24, 2.45) is 0 Å². The van der Waals surface area contributed by atoms with E-state index in [1.165, 1.54) is 24.8 Å². The number of piperidine rings is 1. The Labute approximate surface area is 121 Å². The summed E-state index contributed by atoms with van der Waals surface area (Å²) in [5.74, 6) is -0.0848. The lowest BCUT2D eigenvalue weighted by Gasteiger charge is -2.28. The summed E-state index contributed by atoms with van der Waals surface area (Å²) in [6.07, 6.45) is 5.10. The third kappa shape index (κ3) is 5.33. The number of hydrogen-bond donors (Lipinski definition) is 0. The maximum absolute atomic E-state index is 11.8. The number of benzene rings is 1. The van der Waals surface area contributed by atoms with Crippen molar-refractivity contribution in [3.05, 3.63) is 35.9 Å². The maximum Gasteiger partial charge on any atom is 0.306 e. The van der Waals surface area contributed by atoms with E-state index in [0.29, 0.717) is 6.42 Å². The predicted molar refractivity (Wildman–Crippen MR) is 80.6 cm³/mol. The lowest BCUT2D eigenvalue weighted by atomic mass is 10.1. The Balaban J connectivity index is 1.65. The minimum atomic E-state index is -0.0848. The number of aryl methyl sites for hydroxylation is 1. The van der Waals surface area contributed by atoms with Crippen molar-refractivity contribution in [3.63, 3.8) is 0 Å². The molecule has 1 atom stereocenters. The van der Waals surface area contributed by atoms with Gasteiger partial charge in [0, 0.05) is 13.0 Å². The largest absolute Gasteiger partial charge is 0.461 e. The number of rotatable bonds is 6. The minimum Gasteiger partial charge on any atom is -0.461 e. The summed E-state index contributed by atoms with van der Waals surface area (Å²) in [4.78, 5) is 14.2. The Morgan fingerprint density at radius 1 is 1.20 bits per heavy atom. The zero-order chi connectivity index (χ0) is 14.2. The van der Waals surface area contributed by atoms with Gasteiger partial charge in [-0.3, -0.25) is 9.69 Å². The molecule has 0 amide bonds. The molecule has 1 saturated heterocycles. The number of carbonyl (C=O) groups excluding carboxylic acids is 1. The number of carbonyl (C=O) groups is 1. The van der Waals surface area contributed by atoms with E-state index in [9.17, 15) is 4.79 Å². The van der Waals surface area contributed by atoms with Gasteiger partial charge in [0.15, 0.2) is 0 Å². The first-order chi connectivity index (χ1) is 9.74. The molecule has 0 spiro atoms. The molecule has 1 aliphatic heterocycles. The summed E-state index contributed by atoms with van der Waals surface area (Å²) in [7, 11) is 0. The predicted octanol–water partition coefficient (Wildman–Crippen LogP) is 3.04. The topological polar surface area (TPSA) is 29.5 Å². The monoisotopic (exact) mass is 275 g/mol. The van der Waals surface area contributed by atoms with Crippen LogP contribution in [0.25, 0.3) is 0 Å². The first-order valence-electron chi connectivity index (χ1n) is 7.70. The van der Waals surface area contributed by atoms with Crippen LogP contribution in [0.3, 0.4) is 0 Å². The van der Waals surface area contributed by atoms with Crippen molar-refractivity contribution in [2.75, 3.05) is 19.6 Å². The molecule has 0 N–H and O–H groups in total. The third-order valence-corrected chi connectivity index (χ3v) is 3.76. The standard InChI is InChI=1S/C17H25NO2/c1-15(14-18-12-6-3-7-13-18)20-17(19)11-10-16-8-4-2-5-9-16/h2,4-5,8-9,15H,3,6-7,10-14H2,1H3/t15-/m0/s1. The second-order valence-electron chi connectivity index (χ2n) is 5.65. The van der Waals surface area contributed by atoms with E-state index >= 15 is 0 Å². The first-order valence-corrected chi connectivity index (χ1v) is 7.70. The molecule has 1 heterocycles. The highest BCUT2D eigenvalue weighted by Crippen LogP contribution is 2.10. The summed E-state index contributed by atoms with van der Waals surface area (Å²) in [5, 5.41) is 0. The van der Waals surface area contributed by atoms with Crippen LogP contribution in [0.15, 0.2) is 30.3 Å². The van der Waals surface area contributed by atoms with Gasteiger partial charge in [0.1, 0.15) is 6.10 Å². The summed E-state index contributed by atoms with van der Waals surface area (Å²) in [6.45, 7) is 5.16. The molecular weight excluding hydrogens is 250 g/mol. The van der Waals surface area contributed by atoms with Gasteiger partial charge in [-0.05, 0) is 44.8 Å². The van der Waals surface area contributed by atoms with Crippen molar-refractivity contribution in [1.82, 2.24) is 4.90 Å². The fourth-order valence-corrected chi connectivity index (χ4v) is 2.72. The van der Waals surface area contributed by atoms with Crippen molar-refractivity contribution >= 4 is 5.97 Å². The molecule has 3 heteroatoms. The molecule has 0 unspecified atom stereocenters. The molecule has 3 nitrogen and oxygen atoms in total. The van der Waals surface area contributed by atoms with E-state index < -0.39 is 0 Å². The molecule has 0 aromatic heterocycles. The van der Waals surface area contributed by atoms with Crippen LogP contribution in [-0.2, 0) is 16.0 Å². The zero-order valence-electron chi connectivity index (χ0n) is 12.4. The van der Waals surface area contributed by atoms with Crippen molar-refractivity contribution in [2.45, 2.75) is 45.1 Å². The van der Waals surface area contributed by atoms with Gasteiger partial charge in [-0.15, -0.1) is 0 Å². The average Bonchev–Trinajstić information content (AvgIpc) is 2.47. The van der Waals surface area contributed by atoms with Gasteiger partial charge in [-0.25, -0.2) is 0 Å². The van der Waals surface area contributed by atoms with Crippen LogP contribution < -0.4 is 0 Å². The van der Waals surface area contributed by atoms with Crippen LogP contribution >= 0.6 is 0 Å². The number of ether oxygens (including phenoxy) is 1. The molecule has 0 bridgehead atoms. The van der Waals surface area contributed by atoms with Gasteiger partial charge in [0.05, 0.1) is 0 Å². The molecule has 1 aliphatic rings. The van der Waals surface area contributed by atoms with Crippen LogP contribution in [0, 0.1) is 0 Å². The summed E-state index contributed by atoms with van der Waals surface area (Å²) in [5.41, 5.74) is 1.19. The molecule has 1 fully saturated rings. The Hall–Kier alpha value is -1.35. The van der Waals surface area contributed by atoms with E-state index in [1.54, 1.807) is 0 Å². The van der Waals surface area contributed by atoms with E-state index in [-0.39, 0.29) is 12.1 Å². The van der Waals surface area contributed by atoms with Crippen molar-refractivity contribution in [1.29, 1.82) is 0 Å². The van der Waals surface area contributed by atoms with Gasteiger partial charge in [-0.1, -0.05) is 36.8 Å². The lowest BCUT2D eigenvalue weighted by Crippen LogP contribution is -2.37. The Morgan fingerprint density at radius 2 is 1.90 bits per heavy atom. The Bertz CT molecular complexity index is 399. The average molecular weight is 275 g/mol. The Kier molecular flexibility index (Phi) is 6.06. The lowest BCUT2D eigenvalue weighted by molar-refractivity contribution is -0.149. The molecule has 110 valence electrons. The van der Waals surface area contributed by atoms with Gasteiger partial charge in [-0.2, -0.15) is 0 Å². The summed E-state index contributed by atoms with van der Waals surface area (Å²) >= 11 is 0. The molecule has 1 aromatic carbocycles. The molecule has 1 aromatic rings. The molecule has 0 saturated carbocycles. The van der Waals surface area contributed by atoms with Crippen LogP contribution in [-0.4, -0.2) is 36.6 Å². The molecular formula is C17H25NO2. The van der Waals surface area contributed by atoms with E-state index in [0.717, 1.165) is 26.1 Å². The quantitative estimate of drug-likeness (QED) is 0.747. The highest BCUT2D eigenvalue weighted by molar-refractivity contribution is 5.69. The first kappa shape index (κ1) is 15.0. The second-order valence-corrected chi connectivity index (χ2v) is 5.65. The van der Waals surface area contributed by atoms with Crippen LogP contribution in [0.4, 0.5) is 0 Å². The van der Waals surface area contributed by atoms with E-state index in [4.69, 9.17) is 4.74 Å². The van der Waals surface area contributed by atoms with Crippen LogP contribution in [0.1, 0.15) is 38.2 Å². The maximum atomic E-state index is 11.8. The molecule has 20 heavy (non-hydrogen) atoms. The van der Waals surface area contributed by atoms with Crippen LogP contribution in [0.5, 0.6) is 0 Å². The van der Waals surface area contributed by atoms with Gasteiger partial charge in [0.25, 0.3) is 0 Å². The number of esters is 1. The van der Waals surface area contributed by atoms with Gasteiger partial charge >= 0.3 is 5.97 Å². The molecule has 0 radical (unpaired) electrons. The Morgan fingerprint density at radius 3 is 2.60 bits per heavy atom. The smallest absolute Gasteiger partial charge is 0.306 e. The van der Waals surface area contributed by atoms with Crippen LogP contribution in [0.2, 0.25) is 0 Å². The highest BCUT2D eigenvalue weighted by atomic mass is 16.5. The number of hydrogen-bond acceptors (Lipinski definition) is 3. The van der Waals surface area contributed by atoms with Gasteiger partial charge in [0.2, 0.25) is 0 Å². The van der Waals surface area contributed by atoms with Crippen molar-refractivity contribution in [3.8, 4) is 0 Å². The zero-order valence-corrected chi connectivity index (χ0v) is 12.4. The van der Waals surface area contributed by atoms with E-state index in [2.05, 4.69) is 4.90 Å². The molecule has 0 aliphatic carbocycles. The minimum absolute atomic E-state index is 0.00336. The third-order valence-electron chi connectivity index (χ3n) is 3.76. The fraction of sp³-hybridized carbons (Fsp3) is 0.588. The SMILES string of the molecule is C[C@@H](CN1CCCCC1)OC(=O)CCc1ccccc1. The fourth-order valence-electron chi connectivity index (χ4n) is 2.72. The number of likely N-dealkylation sites (tertiary alicyclic amines) is 1. The second kappa shape index (κ2) is 8.05. The summed E-state index contributed by atoms with van der Waals surface area (Å²) in [6, 6.07) is 10.1. The van der Waals surface area contributed by atoms with Crippen molar-refractivity contribution < 1.29 is 9.53 Å². The summed E-state index contributed by atoms with van der Waals surface area (Å²) < 4.78 is 5.49.